The third-order valence-corrected chi connectivity index (χ3v) is 8.14. The summed E-state index contributed by atoms with van der Waals surface area (Å²) in [5.41, 5.74) is 2.32. The number of piperazine rings is 1. The SMILES string of the molecule is O=C(CCS(=O)(=O)c1ccc2c(c1)CCC2)N1CCN(C(=O)COc2ccc(Cl)cc2)CC1. The Kier molecular flexibility index (Phi) is 7.24. The van der Waals surface area contributed by atoms with E-state index in [2.05, 4.69) is 0 Å². The largest absolute Gasteiger partial charge is 0.484 e. The van der Waals surface area contributed by atoms with Gasteiger partial charge in [0.15, 0.2) is 16.4 Å². The van der Waals surface area contributed by atoms with Gasteiger partial charge in [0.2, 0.25) is 5.91 Å². The van der Waals surface area contributed by atoms with Gasteiger partial charge in [-0.1, -0.05) is 17.7 Å². The zero-order valence-corrected chi connectivity index (χ0v) is 19.9. The molecule has 2 aromatic rings. The Morgan fingerprint density at radius 3 is 2.21 bits per heavy atom. The molecule has 1 heterocycles. The number of benzene rings is 2. The number of carbonyl (C=O) groups excluding carboxylic acids is 2. The van der Waals surface area contributed by atoms with Crippen molar-refractivity contribution in [3.8, 4) is 5.75 Å². The van der Waals surface area contributed by atoms with Crippen LogP contribution in [0.4, 0.5) is 0 Å². The maximum absolute atomic E-state index is 12.7. The van der Waals surface area contributed by atoms with Gasteiger partial charge in [-0.2, -0.15) is 0 Å². The van der Waals surface area contributed by atoms with Gasteiger partial charge in [0.1, 0.15) is 5.75 Å². The van der Waals surface area contributed by atoms with Crippen molar-refractivity contribution in [3.63, 3.8) is 0 Å². The van der Waals surface area contributed by atoms with Crippen LogP contribution in [-0.4, -0.2) is 68.6 Å². The zero-order valence-electron chi connectivity index (χ0n) is 18.3. The van der Waals surface area contributed by atoms with Crippen LogP contribution in [0.5, 0.6) is 5.75 Å². The molecule has 0 aromatic heterocycles. The normalized spacial score (nSPS) is 15.9. The van der Waals surface area contributed by atoms with Crippen LogP contribution in [0.1, 0.15) is 24.0 Å². The smallest absolute Gasteiger partial charge is 0.260 e. The first-order chi connectivity index (χ1) is 15.8. The predicted octanol–water partition coefficient (Wildman–Crippen LogP) is 2.74. The minimum atomic E-state index is -3.51. The summed E-state index contributed by atoms with van der Waals surface area (Å²) in [6, 6.07) is 12.1. The van der Waals surface area contributed by atoms with Crippen LogP contribution in [0, 0.1) is 0 Å². The number of halogens is 1. The third-order valence-electron chi connectivity index (χ3n) is 6.17. The molecule has 0 spiro atoms. The van der Waals surface area contributed by atoms with Gasteiger partial charge in [-0.15, -0.1) is 0 Å². The molecule has 0 N–H and O–H groups in total. The first kappa shape index (κ1) is 23.6. The van der Waals surface area contributed by atoms with Crippen LogP contribution in [0.3, 0.4) is 0 Å². The fraction of sp³-hybridized carbons (Fsp3) is 0.417. The molecule has 4 rings (SSSR count). The summed E-state index contributed by atoms with van der Waals surface area (Å²) in [4.78, 5) is 28.6. The molecule has 2 amide bonds. The van der Waals surface area contributed by atoms with Crippen molar-refractivity contribution in [2.75, 3.05) is 38.5 Å². The minimum absolute atomic E-state index is 0.0625. The third kappa shape index (κ3) is 5.86. The monoisotopic (exact) mass is 490 g/mol. The molecule has 9 heteroatoms. The van der Waals surface area contributed by atoms with E-state index in [0.717, 1.165) is 24.8 Å². The summed E-state index contributed by atoms with van der Waals surface area (Å²) in [6.45, 7) is 1.46. The fourth-order valence-corrected chi connectivity index (χ4v) is 5.61. The Balaban J connectivity index is 1.22. The Morgan fingerprint density at radius 2 is 1.52 bits per heavy atom. The van der Waals surface area contributed by atoms with Gasteiger partial charge in [-0.3, -0.25) is 9.59 Å². The Hall–Kier alpha value is -2.58. The molecule has 1 aliphatic carbocycles. The first-order valence-corrected chi connectivity index (χ1v) is 13.1. The summed E-state index contributed by atoms with van der Waals surface area (Å²) in [5.74, 6) is -0.00904. The van der Waals surface area contributed by atoms with Gasteiger partial charge in [0.05, 0.1) is 10.6 Å². The number of rotatable bonds is 7. The van der Waals surface area contributed by atoms with Crippen molar-refractivity contribution in [1.29, 1.82) is 0 Å². The number of hydrogen-bond donors (Lipinski definition) is 0. The van der Waals surface area contributed by atoms with Crippen molar-refractivity contribution in [1.82, 2.24) is 9.80 Å². The lowest BCUT2D eigenvalue weighted by molar-refractivity contribution is -0.140. The number of sulfone groups is 1. The molecule has 1 saturated heterocycles. The molecule has 2 aromatic carbocycles. The van der Waals surface area contributed by atoms with Crippen LogP contribution in [0.25, 0.3) is 0 Å². The minimum Gasteiger partial charge on any atom is -0.484 e. The summed E-state index contributed by atoms with van der Waals surface area (Å²) >= 11 is 5.84. The Bertz CT molecular complexity index is 1130. The second kappa shape index (κ2) is 10.1. The van der Waals surface area contributed by atoms with Gasteiger partial charge in [-0.05, 0) is 66.8 Å². The number of amides is 2. The second-order valence-electron chi connectivity index (χ2n) is 8.36. The molecule has 0 unspecified atom stereocenters. The molecule has 176 valence electrons. The molecular weight excluding hydrogens is 464 g/mol. The first-order valence-electron chi connectivity index (χ1n) is 11.1. The van der Waals surface area contributed by atoms with Crippen molar-refractivity contribution >= 4 is 33.3 Å². The van der Waals surface area contributed by atoms with Gasteiger partial charge in [0, 0.05) is 37.6 Å². The lowest BCUT2D eigenvalue weighted by Gasteiger charge is -2.34. The maximum Gasteiger partial charge on any atom is 0.260 e. The van der Waals surface area contributed by atoms with E-state index in [1.807, 2.05) is 6.07 Å². The molecule has 1 aliphatic heterocycles. The highest BCUT2D eigenvalue weighted by Gasteiger charge is 2.26. The van der Waals surface area contributed by atoms with Crippen molar-refractivity contribution in [2.24, 2.45) is 0 Å². The number of fused-ring (bicyclic) bond motifs is 1. The fourth-order valence-electron chi connectivity index (χ4n) is 4.21. The maximum atomic E-state index is 12.7. The lowest BCUT2D eigenvalue weighted by Crippen LogP contribution is -2.51. The molecule has 2 aliphatic rings. The summed E-state index contributed by atoms with van der Waals surface area (Å²) < 4.78 is 30.9. The highest BCUT2D eigenvalue weighted by Crippen LogP contribution is 2.25. The standard InChI is InChI=1S/C24H27ClN2O5S/c25-20-5-7-21(8-6-20)32-17-24(29)27-13-11-26(12-14-27)23(28)10-15-33(30,31)22-9-4-18-2-1-3-19(18)16-22/h4-9,16H,1-3,10-15,17H2. The molecule has 33 heavy (non-hydrogen) atoms. The number of carbonyl (C=O) groups is 2. The second-order valence-corrected chi connectivity index (χ2v) is 10.9. The van der Waals surface area contributed by atoms with Crippen LogP contribution in [-0.2, 0) is 32.3 Å². The predicted molar refractivity (Wildman–Crippen MR) is 125 cm³/mol. The molecule has 0 saturated carbocycles. The van der Waals surface area contributed by atoms with Gasteiger partial charge in [-0.25, -0.2) is 8.42 Å². The van der Waals surface area contributed by atoms with Crippen molar-refractivity contribution in [2.45, 2.75) is 30.6 Å². The average molecular weight is 491 g/mol. The zero-order chi connectivity index (χ0) is 23.4. The number of hydrogen-bond acceptors (Lipinski definition) is 5. The molecule has 1 fully saturated rings. The van der Waals surface area contributed by atoms with Gasteiger partial charge in [0.25, 0.3) is 5.91 Å². The molecular formula is C24H27ClN2O5S. The Labute approximate surface area is 199 Å². The van der Waals surface area contributed by atoms with E-state index >= 15 is 0 Å². The highest BCUT2D eigenvalue weighted by atomic mass is 35.5. The van der Waals surface area contributed by atoms with Crippen molar-refractivity contribution < 1.29 is 22.7 Å². The topological polar surface area (TPSA) is 84.0 Å². The van der Waals surface area contributed by atoms with E-state index in [-0.39, 0.29) is 30.6 Å². The van der Waals surface area contributed by atoms with E-state index in [4.69, 9.17) is 16.3 Å². The van der Waals surface area contributed by atoms with Crippen molar-refractivity contribution in [3.05, 3.63) is 58.6 Å². The van der Waals surface area contributed by atoms with Crippen LogP contribution in [0.2, 0.25) is 5.02 Å². The molecule has 0 atom stereocenters. The molecule has 0 radical (unpaired) electrons. The van der Waals surface area contributed by atoms with Gasteiger partial charge < -0.3 is 14.5 Å². The Morgan fingerprint density at radius 1 is 0.879 bits per heavy atom. The van der Waals surface area contributed by atoms with Gasteiger partial charge >= 0.3 is 0 Å². The van der Waals surface area contributed by atoms with E-state index in [1.165, 1.54) is 5.56 Å². The van der Waals surface area contributed by atoms with Crippen LogP contribution >= 0.6 is 11.6 Å². The lowest BCUT2D eigenvalue weighted by atomic mass is 10.1. The van der Waals surface area contributed by atoms with E-state index in [9.17, 15) is 18.0 Å². The van der Waals surface area contributed by atoms with Crippen LogP contribution in [0.15, 0.2) is 47.4 Å². The van der Waals surface area contributed by atoms with E-state index < -0.39 is 9.84 Å². The average Bonchev–Trinajstić information content (AvgIpc) is 3.30. The summed E-state index contributed by atoms with van der Waals surface area (Å²) in [6.07, 6.45) is 2.90. The summed E-state index contributed by atoms with van der Waals surface area (Å²) in [7, 11) is -3.51. The highest BCUT2D eigenvalue weighted by molar-refractivity contribution is 7.91. The number of nitrogens with zero attached hydrogens (tertiary/aromatic N) is 2. The quantitative estimate of drug-likeness (QED) is 0.596. The molecule has 7 nitrogen and oxygen atoms in total. The summed E-state index contributed by atoms with van der Waals surface area (Å²) in [5, 5.41) is 0.592. The van der Waals surface area contributed by atoms with E-state index in [1.54, 1.807) is 46.2 Å². The number of ether oxygens (including phenoxy) is 1. The number of aryl methyl sites for hydroxylation is 2. The molecule has 0 bridgehead atoms. The van der Waals surface area contributed by atoms with Crippen LogP contribution < -0.4 is 4.74 Å². The van der Waals surface area contributed by atoms with E-state index in [0.29, 0.717) is 41.8 Å².